The van der Waals surface area contributed by atoms with Crippen LogP contribution in [-0.4, -0.2) is 47.2 Å². The van der Waals surface area contributed by atoms with E-state index in [-0.39, 0.29) is 5.84 Å². The van der Waals surface area contributed by atoms with Crippen LogP contribution in [0.1, 0.15) is 24.0 Å². The van der Waals surface area contributed by atoms with Gasteiger partial charge in [0.1, 0.15) is 6.61 Å². The van der Waals surface area contributed by atoms with Gasteiger partial charge in [0, 0.05) is 18.8 Å². The molecule has 1 saturated carbocycles. The quantitative estimate of drug-likeness (QED) is 0.346. The Balaban J connectivity index is 2.00. The Morgan fingerprint density at radius 1 is 1.63 bits per heavy atom. The lowest BCUT2D eigenvalue weighted by Gasteiger charge is -2.17. The molecule has 0 spiro atoms. The molecule has 0 bridgehead atoms. The fourth-order valence-corrected chi connectivity index (χ4v) is 1.99. The van der Waals surface area contributed by atoms with Gasteiger partial charge < -0.3 is 20.6 Å². The summed E-state index contributed by atoms with van der Waals surface area (Å²) in [5.74, 6) is 0.440. The van der Waals surface area contributed by atoms with Gasteiger partial charge in [0.05, 0.1) is 5.56 Å². The van der Waals surface area contributed by atoms with Crippen molar-refractivity contribution in [2.75, 3.05) is 20.2 Å². The molecule has 0 amide bonds. The Labute approximate surface area is 112 Å². The number of aromatic nitrogens is 1. The van der Waals surface area contributed by atoms with Gasteiger partial charge in [0.25, 0.3) is 0 Å². The number of rotatable bonds is 6. The van der Waals surface area contributed by atoms with Crippen molar-refractivity contribution < 1.29 is 9.94 Å². The molecule has 0 aliphatic heterocycles. The lowest BCUT2D eigenvalue weighted by atomic mass is 10.1. The number of likely N-dealkylation sites (N-methyl/N-ethyl adjacent to an activating group) is 1. The molecule has 1 aromatic heterocycles. The lowest BCUT2D eigenvalue weighted by molar-refractivity contribution is 0.226. The SMILES string of the molecule is Cc1ccnc(OCCN(C)C2CC2)c1/C(N)=N/O. The van der Waals surface area contributed by atoms with Gasteiger partial charge in [-0.1, -0.05) is 5.16 Å². The second-order valence-electron chi connectivity index (χ2n) is 4.85. The average Bonchev–Trinajstić information content (AvgIpc) is 3.22. The van der Waals surface area contributed by atoms with E-state index >= 15 is 0 Å². The highest BCUT2D eigenvalue weighted by molar-refractivity contribution is 6.00. The summed E-state index contributed by atoms with van der Waals surface area (Å²) in [6.07, 6.45) is 4.20. The van der Waals surface area contributed by atoms with Gasteiger partial charge in [-0.15, -0.1) is 0 Å². The topological polar surface area (TPSA) is 84.0 Å². The van der Waals surface area contributed by atoms with Crippen LogP contribution in [0.2, 0.25) is 0 Å². The van der Waals surface area contributed by atoms with Crippen LogP contribution < -0.4 is 10.5 Å². The Morgan fingerprint density at radius 3 is 3.00 bits per heavy atom. The molecule has 19 heavy (non-hydrogen) atoms. The molecule has 0 aromatic carbocycles. The van der Waals surface area contributed by atoms with Crippen LogP contribution in [0, 0.1) is 6.92 Å². The van der Waals surface area contributed by atoms with Gasteiger partial charge in [0.15, 0.2) is 5.84 Å². The summed E-state index contributed by atoms with van der Waals surface area (Å²) >= 11 is 0. The Hall–Kier alpha value is -1.82. The molecule has 0 radical (unpaired) electrons. The van der Waals surface area contributed by atoms with E-state index in [0.29, 0.717) is 24.1 Å². The van der Waals surface area contributed by atoms with Gasteiger partial charge >= 0.3 is 0 Å². The largest absolute Gasteiger partial charge is 0.476 e. The van der Waals surface area contributed by atoms with Crippen LogP contribution in [0.3, 0.4) is 0 Å². The first-order chi connectivity index (χ1) is 9.13. The van der Waals surface area contributed by atoms with Crippen LogP contribution >= 0.6 is 0 Å². The first kappa shape index (κ1) is 13.6. The van der Waals surface area contributed by atoms with Gasteiger partial charge in [-0.05, 0) is 38.4 Å². The second-order valence-corrected chi connectivity index (χ2v) is 4.85. The fraction of sp³-hybridized carbons (Fsp3) is 0.538. The number of nitrogens with two attached hydrogens (primary N) is 1. The van der Waals surface area contributed by atoms with Crippen molar-refractivity contribution in [3.63, 3.8) is 0 Å². The molecule has 104 valence electrons. The van der Waals surface area contributed by atoms with Gasteiger partial charge in [-0.2, -0.15) is 0 Å². The molecule has 1 aliphatic carbocycles. The molecular weight excluding hydrogens is 244 g/mol. The van der Waals surface area contributed by atoms with Crippen molar-refractivity contribution in [3.05, 3.63) is 23.4 Å². The highest BCUT2D eigenvalue weighted by atomic mass is 16.5. The third kappa shape index (κ3) is 3.35. The van der Waals surface area contributed by atoms with Crippen LogP contribution in [0.15, 0.2) is 17.4 Å². The Kier molecular flexibility index (Phi) is 4.21. The summed E-state index contributed by atoms with van der Waals surface area (Å²) < 4.78 is 5.66. The minimum Gasteiger partial charge on any atom is -0.476 e. The molecule has 6 nitrogen and oxygen atoms in total. The zero-order valence-corrected chi connectivity index (χ0v) is 11.3. The zero-order chi connectivity index (χ0) is 13.8. The smallest absolute Gasteiger partial charge is 0.224 e. The van der Waals surface area contributed by atoms with E-state index in [4.69, 9.17) is 15.7 Å². The molecule has 0 atom stereocenters. The molecule has 1 heterocycles. The van der Waals surface area contributed by atoms with E-state index in [1.54, 1.807) is 12.3 Å². The summed E-state index contributed by atoms with van der Waals surface area (Å²) in [7, 11) is 2.09. The minimum absolute atomic E-state index is 0.0242. The fourth-order valence-electron chi connectivity index (χ4n) is 1.99. The number of nitrogens with zero attached hydrogens (tertiary/aromatic N) is 3. The Morgan fingerprint density at radius 2 is 2.37 bits per heavy atom. The van der Waals surface area contributed by atoms with Crippen LogP contribution in [0.5, 0.6) is 5.88 Å². The second kappa shape index (κ2) is 5.88. The number of ether oxygens (including phenoxy) is 1. The maximum atomic E-state index is 8.80. The molecule has 1 aliphatic rings. The first-order valence-electron chi connectivity index (χ1n) is 6.40. The normalized spacial score (nSPS) is 15.8. The maximum absolute atomic E-state index is 8.80. The summed E-state index contributed by atoms with van der Waals surface area (Å²) in [6.45, 7) is 3.25. The number of oxime groups is 1. The average molecular weight is 264 g/mol. The number of hydrogen-bond acceptors (Lipinski definition) is 5. The van der Waals surface area contributed by atoms with Crippen molar-refractivity contribution in [1.29, 1.82) is 0 Å². The molecule has 3 N–H and O–H groups in total. The predicted molar refractivity (Wildman–Crippen MR) is 72.6 cm³/mol. The minimum atomic E-state index is 0.0242. The van der Waals surface area contributed by atoms with E-state index in [1.807, 2.05) is 6.92 Å². The third-order valence-electron chi connectivity index (χ3n) is 3.34. The highest BCUT2D eigenvalue weighted by Gasteiger charge is 2.25. The monoisotopic (exact) mass is 264 g/mol. The third-order valence-corrected chi connectivity index (χ3v) is 3.34. The maximum Gasteiger partial charge on any atom is 0.224 e. The molecule has 1 fully saturated rings. The van der Waals surface area contributed by atoms with Gasteiger partial charge in [-0.25, -0.2) is 4.98 Å². The number of hydrogen-bond donors (Lipinski definition) is 2. The van der Waals surface area contributed by atoms with E-state index in [2.05, 4.69) is 22.1 Å². The first-order valence-corrected chi connectivity index (χ1v) is 6.40. The van der Waals surface area contributed by atoms with Gasteiger partial charge in [-0.3, -0.25) is 0 Å². The summed E-state index contributed by atoms with van der Waals surface area (Å²) in [5.41, 5.74) is 7.08. The summed E-state index contributed by atoms with van der Waals surface area (Å²) in [6, 6.07) is 2.51. The lowest BCUT2D eigenvalue weighted by Crippen LogP contribution is -2.27. The number of pyridine rings is 1. The van der Waals surface area contributed by atoms with Crippen molar-refractivity contribution >= 4 is 5.84 Å². The standard InChI is InChI=1S/C13H20N4O2/c1-9-5-6-15-13(11(9)12(14)16-18)19-8-7-17(2)10-3-4-10/h5-6,10,18H,3-4,7-8H2,1-2H3,(H2,14,16). The van der Waals surface area contributed by atoms with Crippen molar-refractivity contribution in [2.24, 2.45) is 10.9 Å². The van der Waals surface area contributed by atoms with E-state index in [1.165, 1.54) is 12.8 Å². The van der Waals surface area contributed by atoms with Crippen molar-refractivity contribution in [1.82, 2.24) is 9.88 Å². The van der Waals surface area contributed by atoms with Crippen molar-refractivity contribution in [2.45, 2.75) is 25.8 Å². The highest BCUT2D eigenvalue weighted by Crippen LogP contribution is 2.25. The number of amidine groups is 1. The van der Waals surface area contributed by atoms with Crippen molar-refractivity contribution in [3.8, 4) is 5.88 Å². The van der Waals surface area contributed by atoms with Gasteiger partial charge in [0.2, 0.25) is 5.88 Å². The molecular formula is C13H20N4O2. The Bertz CT molecular complexity index is 472. The number of aryl methyl sites for hydroxylation is 1. The molecule has 0 saturated heterocycles. The van der Waals surface area contributed by atoms with E-state index < -0.39 is 0 Å². The molecule has 0 unspecified atom stereocenters. The summed E-state index contributed by atoms with van der Waals surface area (Å²) in [5, 5.41) is 11.8. The van der Waals surface area contributed by atoms with Crippen LogP contribution in [-0.2, 0) is 0 Å². The molecule has 2 rings (SSSR count). The van der Waals surface area contributed by atoms with E-state index in [0.717, 1.165) is 12.1 Å². The van der Waals surface area contributed by atoms with Crippen LogP contribution in [0.4, 0.5) is 0 Å². The zero-order valence-electron chi connectivity index (χ0n) is 11.3. The van der Waals surface area contributed by atoms with Crippen LogP contribution in [0.25, 0.3) is 0 Å². The summed E-state index contributed by atoms with van der Waals surface area (Å²) in [4.78, 5) is 6.43. The van der Waals surface area contributed by atoms with E-state index in [9.17, 15) is 0 Å². The predicted octanol–water partition coefficient (Wildman–Crippen LogP) is 0.958. The molecule has 1 aromatic rings. The molecule has 6 heteroatoms.